The van der Waals surface area contributed by atoms with Crippen LogP contribution in [0.4, 0.5) is 10.5 Å². The van der Waals surface area contributed by atoms with Gasteiger partial charge in [0.2, 0.25) is 0 Å². The third-order valence-electron chi connectivity index (χ3n) is 5.18. The van der Waals surface area contributed by atoms with Crippen LogP contribution in [0, 0.1) is 23.7 Å². The van der Waals surface area contributed by atoms with Gasteiger partial charge in [-0.15, -0.1) is 6.42 Å². The maximum absolute atomic E-state index is 12.6. The van der Waals surface area contributed by atoms with Gasteiger partial charge in [0.05, 0.1) is 6.10 Å². The molecule has 1 aromatic carbocycles. The maximum Gasteiger partial charge on any atom is 0.321 e. The van der Waals surface area contributed by atoms with Crippen LogP contribution in [0.5, 0.6) is 5.75 Å². The number of anilines is 1. The molecule has 2 fully saturated rings. The van der Waals surface area contributed by atoms with Gasteiger partial charge in [0.1, 0.15) is 12.4 Å². The van der Waals surface area contributed by atoms with Gasteiger partial charge < -0.3 is 19.7 Å². The standard InChI is InChI=1S/C19H24N2O3/c1-5-10-23-14-8-6-7-13(12-14)20-18(22)21(4)16-15-9-11-24-17(15)19(16,2)3/h1,6-8,12,15-17H,9-11H2,2-4H3,(H,20,22)/t15-,16-,17+/m1/s1. The third-order valence-corrected chi connectivity index (χ3v) is 5.18. The second-order valence-electron chi connectivity index (χ2n) is 7.07. The molecule has 5 nitrogen and oxygen atoms in total. The number of nitrogens with zero attached hydrogens (tertiary/aromatic N) is 1. The summed E-state index contributed by atoms with van der Waals surface area (Å²) in [6, 6.07) is 7.32. The van der Waals surface area contributed by atoms with Crippen molar-refractivity contribution in [3.05, 3.63) is 24.3 Å². The van der Waals surface area contributed by atoms with Gasteiger partial charge in [-0.1, -0.05) is 25.8 Å². The molecule has 128 valence electrons. The number of benzene rings is 1. The molecule has 1 saturated carbocycles. The highest BCUT2D eigenvalue weighted by Crippen LogP contribution is 2.54. The lowest BCUT2D eigenvalue weighted by molar-refractivity contribution is -0.137. The molecule has 1 aromatic rings. The van der Waals surface area contributed by atoms with Gasteiger partial charge in [-0.2, -0.15) is 0 Å². The van der Waals surface area contributed by atoms with Crippen molar-refractivity contribution in [3.63, 3.8) is 0 Å². The summed E-state index contributed by atoms with van der Waals surface area (Å²) in [5.41, 5.74) is 0.670. The highest BCUT2D eigenvalue weighted by atomic mass is 16.5. The molecular weight excluding hydrogens is 304 g/mol. The van der Waals surface area contributed by atoms with E-state index in [1.807, 2.05) is 30.1 Å². The molecule has 1 aliphatic carbocycles. The van der Waals surface area contributed by atoms with Crippen molar-refractivity contribution < 1.29 is 14.3 Å². The maximum atomic E-state index is 12.6. The summed E-state index contributed by atoms with van der Waals surface area (Å²) in [5.74, 6) is 3.50. The monoisotopic (exact) mass is 328 g/mol. The molecule has 3 rings (SSSR count). The predicted octanol–water partition coefficient (Wildman–Crippen LogP) is 2.98. The van der Waals surface area contributed by atoms with Crippen LogP contribution in [0.15, 0.2) is 24.3 Å². The van der Waals surface area contributed by atoms with Crippen LogP contribution in [-0.2, 0) is 4.74 Å². The summed E-state index contributed by atoms with van der Waals surface area (Å²) in [7, 11) is 1.86. The summed E-state index contributed by atoms with van der Waals surface area (Å²) >= 11 is 0. The summed E-state index contributed by atoms with van der Waals surface area (Å²) in [5, 5.41) is 2.94. The topological polar surface area (TPSA) is 50.8 Å². The van der Waals surface area contributed by atoms with Crippen molar-refractivity contribution in [2.24, 2.45) is 11.3 Å². The predicted molar refractivity (Wildman–Crippen MR) is 93.0 cm³/mol. The zero-order chi connectivity index (χ0) is 17.3. The van der Waals surface area contributed by atoms with Crippen LogP contribution in [-0.4, -0.2) is 43.3 Å². The summed E-state index contributed by atoms with van der Waals surface area (Å²) in [4.78, 5) is 14.5. The molecule has 1 aliphatic heterocycles. The van der Waals surface area contributed by atoms with E-state index in [2.05, 4.69) is 25.1 Å². The van der Waals surface area contributed by atoms with E-state index in [0.717, 1.165) is 13.0 Å². The Labute approximate surface area is 143 Å². The number of rotatable bonds is 4. The molecular formula is C19H24N2O3. The molecule has 5 heteroatoms. The first-order valence-corrected chi connectivity index (χ1v) is 8.27. The van der Waals surface area contributed by atoms with E-state index < -0.39 is 0 Å². The molecule has 2 aliphatic rings. The normalized spacial score (nSPS) is 26.7. The number of carbonyl (C=O) groups is 1. The van der Waals surface area contributed by atoms with Crippen LogP contribution in [0.3, 0.4) is 0 Å². The Balaban J connectivity index is 1.66. The molecule has 2 amide bonds. The molecule has 0 radical (unpaired) electrons. The van der Waals surface area contributed by atoms with Gasteiger partial charge in [0, 0.05) is 42.8 Å². The van der Waals surface area contributed by atoms with Crippen molar-refractivity contribution in [3.8, 4) is 18.1 Å². The van der Waals surface area contributed by atoms with E-state index in [9.17, 15) is 4.79 Å². The van der Waals surface area contributed by atoms with Crippen LogP contribution in [0.25, 0.3) is 0 Å². The van der Waals surface area contributed by atoms with Crippen molar-refractivity contribution in [1.29, 1.82) is 0 Å². The van der Waals surface area contributed by atoms with Crippen molar-refractivity contribution in [2.45, 2.75) is 32.4 Å². The molecule has 3 atom stereocenters. The fourth-order valence-electron chi connectivity index (χ4n) is 4.21. The smallest absolute Gasteiger partial charge is 0.321 e. The fourth-order valence-corrected chi connectivity index (χ4v) is 4.21. The van der Waals surface area contributed by atoms with Crippen LogP contribution >= 0.6 is 0 Å². The van der Waals surface area contributed by atoms with Gasteiger partial charge in [0.15, 0.2) is 0 Å². The average Bonchev–Trinajstić information content (AvgIpc) is 2.99. The summed E-state index contributed by atoms with van der Waals surface area (Å²) < 4.78 is 11.2. The molecule has 1 N–H and O–H groups in total. The second-order valence-corrected chi connectivity index (χ2v) is 7.07. The minimum absolute atomic E-state index is 0.0228. The fraction of sp³-hybridized carbons (Fsp3) is 0.526. The van der Waals surface area contributed by atoms with Gasteiger partial charge in [-0.25, -0.2) is 4.79 Å². The zero-order valence-electron chi connectivity index (χ0n) is 14.4. The van der Waals surface area contributed by atoms with E-state index in [4.69, 9.17) is 15.9 Å². The van der Waals surface area contributed by atoms with Gasteiger partial charge in [-0.3, -0.25) is 0 Å². The number of terminal acetylenes is 1. The molecule has 0 unspecified atom stereocenters. The van der Waals surface area contributed by atoms with Crippen LogP contribution in [0.1, 0.15) is 20.3 Å². The van der Waals surface area contributed by atoms with Crippen molar-refractivity contribution >= 4 is 11.7 Å². The number of amides is 2. The Morgan fingerprint density at radius 3 is 3.08 bits per heavy atom. The minimum Gasteiger partial charge on any atom is -0.481 e. The average molecular weight is 328 g/mol. The summed E-state index contributed by atoms with van der Waals surface area (Å²) in [6.07, 6.45) is 6.48. The Bertz CT molecular complexity index is 665. The van der Waals surface area contributed by atoms with E-state index in [0.29, 0.717) is 17.4 Å². The van der Waals surface area contributed by atoms with E-state index in [1.54, 1.807) is 6.07 Å². The Hall–Kier alpha value is -2.19. The third kappa shape index (κ3) is 2.83. The lowest BCUT2D eigenvalue weighted by Crippen LogP contribution is -2.67. The second kappa shape index (κ2) is 6.37. The Kier molecular flexibility index (Phi) is 4.42. The molecule has 24 heavy (non-hydrogen) atoms. The first-order chi connectivity index (χ1) is 11.4. The van der Waals surface area contributed by atoms with E-state index in [-0.39, 0.29) is 30.2 Å². The number of carbonyl (C=O) groups excluding carboxylic acids is 1. The highest BCUT2D eigenvalue weighted by molar-refractivity contribution is 5.89. The van der Waals surface area contributed by atoms with Gasteiger partial charge >= 0.3 is 6.03 Å². The number of fused-ring (bicyclic) bond motifs is 1. The van der Waals surface area contributed by atoms with Gasteiger partial charge in [0.25, 0.3) is 0 Å². The number of hydrogen-bond donors (Lipinski definition) is 1. The summed E-state index contributed by atoms with van der Waals surface area (Å²) in [6.45, 7) is 5.33. The number of ether oxygens (including phenoxy) is 2. The quantitative estimate of drug-likeness (QED) is 0.865. The molecule has 1 saturated heterocycles. The zero-order valence-corrected chi connectivity index (χ0v) is 14.4. The Morgan fingerprint density at radius 1 is 1.54 bits per heavy atom. The Morgan fingerprint density at radius 2 is 2.33 bits per heavy atom. The van der Waals surface area contributed by atoms with E-state index in [1.165, 1.54) is 0 Å². The first-order valence-electron chi connectivity index (χ1n) is 8.27. The molecule has 0 bridgehead atoms. The van der Waals surface area contributed by atoms with E-state index >= 15 is 0 Å². The molecule has 0 aromatic heterocycles. The minimum atomic E-state index is -0.118. The molecule has 0 spiro atoms. The van der Waals surface area contributed by atoms with Gasteiger partial charge in [-0.05, 0) is 18.6 Å². The molecule has 1 heterocycles. The number of urea groups is 1. The van der Waals surface area contributed by atoms with Crippen LogP contribution in [0.2, 0.25) is 0 Å². The largest absolute Gasteiger partial charge is 0.481 e. The van der Waals surface area contributed by atoms with Crippen LogP contribution < -0.4 is 10.1 Å². The lowest BCUT2D eigenvalue weighted by Gasteiger charge is -2.57. The number of nitrogens with one attached hydrogen (secondary N) is 1. The SMILES string of the molecule is C#CCOc1cccc(NC(=O)N(C)[C@@H]2[C@H]3CCO[C@@H]3C2(C)C)c1. The van der Waals surface area contributed by atoms with Crippen molar-refractivity contribution in [2.75, 3.05) is 25.6 Å². The van der Waals surface area contributed by atoms with Crippen molar-refractivity contribution in [1.82, 2.24) is 4.90 Å². The lowest BCUT2D eigenvalue weighted by atomic mass is 9.57. The number of hydrogen-bond acceptors (Lipinski definition) is 3. The first kappa shape index (κ1) is 16.7. The highest BCUT2D eigenvalue weighted by Gasteiger charge is 2.61.